The van der Waals surface area contributed by atoms with Gasteiger partial charge in [0.25, 0.3) is 0 Å². The van der Waals surface area contributed by atoms with Crippen LogP contribution in [0.3, 0.4) is 0 Å². The minimum Gasteiger partial charge on any atom is -0.507 e. The summed E-state index contributed by atoms with van der Waals surface area (Å²) >= 11 is 0. The maximum absolute atomic E-state index is 13.1. The minimum absolute atomic E-state index is 0.0334. The van der Waals surface area contributed by atoms with Gasteiger partial charge < -0.3 is 20.1 Å². The topological polar surface area (TPSA) is 104 Å². The second-order valence-corrected chi connectivity index (χ2v) is 7.91. The molecule has 3 N–H and O–H groups in total. The number of carbonyl (C=O) groups excluding carboxylic acids is 1. The van der Waals surface area contributed by atoms with Crippen LogP contribution in [0.2, 0.25) is 0 Å². The molecule has 0 radical (unpaired) electrons. The van der Waals surface area contributed by atoms with Crippen LogP contribution in [0, 0.1) is 27.7 Å². The van der Waals surface area contributed by atoms with Crippen molar-refractivity contribution < 1.29 is 29.6 Å². The predicted molar refractivity (Wildman–Crippen MR) is 114 cm³/mol. The number of aryl methyl sites for hydroxylation is 2. The van der Waals surface area contributed by atoms with E-state index in [1.54, 1.807) is 64.1 Å². The van der Waals surface area contributed by atoms with Crippen molar-refractivity contribution >= 4 is 11.9 Å². The number of hydrogen-bond donors (Lipinski definition) is 3. The van der Waals surface area contributed by atoms with Gasteiger partial charge in [0.2, 0.25) is 0 Å². The van der Waals surface area contributed by atoms with E-state index in [1.807, 2.05) is 0 Å². The number of fused-ring (bicyclic) bond motifs is 1. The lowest BCUT2D eigenvalue weighted by molar-refractivity contribution is 0.0244. The highest BCUT2D eigenvalue weighted by Gasteiger charge is 2.52. The lowest BCUT2D eigenvalue weighted by atomic mass is 9.75. The Kier molecular flexibility index (Phi) is 4.54. The highest BCUT2D eigenvalue weighted by molar-refractivity contribution is 6.06. The summed E-state index contributed by atoms with van der Waals surface area (Å²) in [4.78, 5) is 24.9. The van der Waals surface area contributed by atoms with Crippen molar-refractivity contribution in [1.29, 1.82) is 0 Å². The summed E-state index contributed by atoms with van der Waals surface area (Å²) in [6.07, 6.45) is 0. The Morgan fingerprint density at radius 2 is 1.32 bits per heavy atom. The van der Waals surface area contributed by atoms with Gasteiger partial charge in [-0.2, -0.15) is 0 Å². The van der Waals surface area contributed by atoms with Gasteiger partial charge in [-0.15, -0.1) is 0 Å². The molecule has 1 aliphatic rings. The smallest absolute Gasteiger partial charge is 0.341 e. The number of aromatic carboxylic acids is 1. The zero-order valence-electron chi connectivity index (χ0n) is 17.6. The number of aromatic hydroxyl groups is 2. The summed E-state index contributed by atoms with van der Waals surface area (Å²) in [5, 5.41) is 31.0. The fraction of sp³-hybridized carbons (Fsp3) is 0.200. The molecule has 3 aromatic carbocycles. The van der Waals surface area contributed by atoms with E-state index in [-0.39, 0.29) is 22.6 Å². The standard InChI is InChI=1S/C25H22O6/c1-12-8-10-17(14(3)21(12)26)25(18-11-9-13(2)22(27)15(18)4)19-7-5-6-16(23(28)29)20(19)24(30)31-25/h5-11,26-27H,1-4H3,(H,28,29). The molecule has 31 heavy (non-hydrogen) atoms. The molecule has 0 saturated heterocycles. The number of carboxylic acid groups (broad SMARTS) is 1. The minimum atomic E-state index is -1.53. The number of benzene rings is 3. The van der Waals surface area contributed by atoms with Crippen LogP contribution in [-0.4, -0.2) is 27.3 Å². The van der Waals surface area contributed by atoms with Crippen molar-refractivity contribution in [3.63, 3.8) is 0 Å². The van der Waals surface area contributed by atoms with E-state index in [0.717, 1.165) is 0 Å². The van der Waals surface area contributed by atoms with Gasteiger partial charge in [-0.25, -0.2) is 9.59 Å². The van der Waals surface area contributed by atoms with Crippen LogP contribution in [0.5, 0.6) is 11.5 Å². The van der Waals surface area contributed by atoms with Gasteiger partial charge in [-0.3, -0.25) is 0 Å². The first-order chi connectivity index (χ1) is 14.6. The number of cyclic esters (lactones) is 1. The van der Waals surface area contributed by atoms with Gasteiger partial charge in [0.05, 0.1) is 11.1 Å². The number of phenols is 2. The van der Waals surface area contributed by atoms with Crippen molar-refractivity contribution in [2.45, 2.75) is 33.3 Å². The summed E-state index contributed by atoms with van der Waals surface area (Å²) in [7, 11) is 0. The molecule has 0 spiro atoms. The second-order valence-electron chi connectivity index (χ2n) is 7.91. The van der Waals surface area contributed by atoms with Crippen LogP contribution in [0.1, 0.15) is 59.7 Å². The van der Waals surface area contributed by atoms with Crippen LogP contribution in [0.25, 0.3) is 0 Å². The van der Waals surface area contributed by atoms with E-state index in [9.17, 15) is 24.9 Å². The first-order valence-corrected chi connectivity index (χ1v) is 9.80. The van der Waals surface area contributed by atoms with Crippen LogP contribution in [-0.2, 0) is 10.3 Å². The van der Waals surface area contributed by atoms with Crippen molar-refractivity contribution in [2.24, 2.45) is 0 Å². The molecule has 1 aliphatic heterocycles. The molecule has 158 valence electrons. The Morgan fingerprint density at radius 3 is 1.81 bits per heavy atom. The molecule has 4 rings (SSSR count). The fourth-order valence-electron chi connectivity index (χ4n) is 4.47. The molecule has 6 heteroatoms. The summed E-state index contributed by atoms with van der Waals surface area (Å²) < 4.78 is 6.01. The summed E-state index contributed by atoms with van der Waals surface area (Å²) in [6, 6.07) is 11.5. The van der Waals surface area contributed by atoms with E-state index in [4.69, 9.17) is 4.74 Å². The van der Waals surface area contributed by atoms with Gasteiger partial charge >= 0.3 is 11.9 Å². The van der Waals surface area contributed by atoms with E-state index < -0.39 is 17.5 Å². The first-order valence-electron chi connectivity index (χ1n) is 9.80. The third-order valence-corrected chi connectivity index (χ3v) is 6.15. The monoisotopic (exact) mass is 418 g/mol. The number of carboxylic acids is 1. The number of phenolic OH excluding ortho intramolecular Hbond substituents is 2. The Bertz CT molecular complexity index is 1210. The molecule has 0 aromatic heterocycles. The second kappa shape index (κ2) is 6.87. The molecule has 0 bridgehead atoms. The van der Waals surface area contributed by atoms with E-state index in [1.165, 1.54) is 6.07 Å². The molecule has 3 aromatic rings. The molecule has 0 unspecified atom stereocenters. The summed E-state index contributed by atoms with van der Waals surface area (Å²) in [5.74, 6) is -1.89. The molecule has 0 aliphatic carbocycles. The Morgan fingerprint density at radius 1 is 0.806 bits per heavy atom. The fourth-order valence-corrected chi connectivity index (χ4v) is 4.47. The van der Waals surface area contributed by atoms with Crippen molar-refractivity contribution in [1.82, 2.24) is 0 Å². The summed E-state index contributed by atoms with van der Waals surface area (Å²) in [5.41, 5.74) is 1.95. The molecule has 0 amide bonds. The van der Waals surface area contributed by atoms with E-state index in [0.29, 0.717) is 38.9 Å². The van der Waals surface area contributed by atoms with Crippen LogP contribution in [0.4, 0.5) is 0 Å². The average molecular weight is 418 g/mol. The lowest BCUT2D eigenvalue weighted by Gasteiger charge is -2.33. The number of carbonyl (C=O) groups is 2. The predicted octanol–water partition coefficient (Wildman–Crippen LogP) is 4.49. The number of esters is 1. The third-order valence-electron chi connectivity index (χ3n) is 6.15. The van der Waals surface area contributed by atoms with E-state index >= 15 is 0 Å². The maximum Gasteiger partial charge on any atom is 0.341 e. The molecule has 0 fully saturated rings. The Labute approximate surface area is 179 Å². The van der Waals surface area contributed by atoms with Gasteiger partial charge in [-0.1, -0.05) is 36.4 Å². The molecule has 0 atom stereocenters. The summed E-state index contributed by atoms with van der Waals surface area (Å²) in [6.45, 7) is 6.96. The lowest BCUT2D eigenvalue weighted by Crippen LogP contribution is -2.31. The highest BCUT2D eigenvalue weighted by Crippen LogP contribution is 2.52. The quantitative estimate of drug-likeness (QED) is 0.542. The number of hydrogen-bond acceptors (Lipinski definition) is 5. The largest absolute Gasteiger partial charge is 0.507 e. The van der Waals surface area contributed by atoms with E-state index in [2.05, 4.69) is 0 Å². The van der Waals surface area contributed by atoms with Crippen molar-refractivity contribution in [2.75, 3.05) is 0 Å². The number of rotatable bonds is 3. The molecule has 0 saturated carbocycles. The van der Waals surface area contributed by atoms with Gasteiger partial charge in [0, 0.05) is 16.7 Å². The zero-order valence-corrected chi connectivity index (χ0v) is 17.6. The third kappa shape index (κ3) is 2.71. The van der Waals surface area contributed by atoms with Crippen molar-refractivity contribution in [3.05, 3.63) is 92.5 Å². The average Bonchev–Trinajstić information content (AvgIpc) is 3.03. The van der Waals surface area contributed by atoms with Crippen LogP contribution >= 0.6 is 0 Å². The zero-order chi connectivity index (χ0) is 22.7. The van der Waals surface area contributed by atoms with Crippen LogP contribution in [0.15, 0.2) is 42.5 Å². The SMILES string of the molecule is Cc1ccc(C2(c3ccc(C)c(O)c3C)OC(=O)c3c(C(=O)O)cccc32)c(C)c1O. The molecule has 1 heterocycles. The van der Waals surface area contributed by atoms with Crippen LogP contribution < -0.4 is 0 Å². The molecule has 6 nitrogen and oxygen atoms in total. The molecular weight excluding hydrogens is 396 g/mol. The van der Waals surface area contributed by atoms with Gasteiger partial charge in [-0.05, 0) is 56.0 Å². The highest BCUT2D eigenvalue weighted by atomic mass is 16.6. The maximum atomic E-state index is 13.1. The van der Waals surface area contributed by atoms with Gasteiger partial charge in [0.1, 0.15) is 11.5 Å². The van der Waals surface area contributed by atoms with Gasteiger partial charge in [0.15, 0.2) is 5.60 Å². The Balaban J connectivity index is 2.19. The molecular formula is C25H22O6. The normalized spacial score (nSPS) is 14.3. The number of ether oxygens (including phenoxy) is 1. The first kappa shape index (κ1) is 20.5. The Hall–Kier alpha value is -3.80. The van der Waals surface area contributed by atoms with Crippen molar-refractivity contribution in [3.8, 4) is 11.5 Å².